The molecule has 6 nitrogen and oxygen atoms in total. The fraction of sp³-hybridized carbons (Fsp3) is 0.467. The van der Waals surface area contributed by atoms with E-state index in [-0.39, 0.29) is 11.1 Å². The van der Waals surface area contributed by atoms with E-state index in [1.54, 1.807) is 19.2 Å². The van der Waals surface area contributed by atoms with Gasteiger partial charge in [0.05, 0.1) is 30.8 Å². The van der Waals surface area contributed by atoms with Crippen LogP contribution in [0, 0.1) is 5.82 Å². The minimum atomic E-state index is -0.430. The maximum absolute atomic E-state index is 14.2. The van der Waals surface area contributed by atoms with Crippen LogP contribution in [0.15, 0.2) is 18.2 Å². The predicted molar refractivity (Wildman–Crippen MR) is 82.5 cm³/mol. The molecule has 124 valence electrons. The van der Waals surface area contributed by atoms with Gasteiger partial charge >= 0.3 is 0 Å². The Balaban J connectivity index is 1.75. The summed E-state index contributed by atoms with van der Waals surface area (Å²) in [6, 6.07) is 4.62. The van der Waals surface area contributed by atoms with Crippen LogP contribution in [0.2, 0.25) is 5.02 Å². The Hall–Kier alpha value is -1.54. The molecule has 0 amide bonds. The normalized spacial score (nSPS) is 15.4. The van der Waals surface area contributed by atoms with Gasteiger partial charge in [-0.3, -0.25) is 0 Å². The van der Waals surface area contributed by atoms with Gasteiger partial charge in [-0.2, -0.15) is 0 Å². The van der Waals surface area contributed by atoms with Crippen molar-refractivity contribution in [1.29, 1.82) is 0 Å². The van der Waals surface area contributed by atoms with E-state index in [9.17, 15) is 4.39 Å². The van der Waals surface area contributed by atoms with Gasteiger partial charge in [0.15, 0.2) is 5.82 Å². The number of methoxy groups -OCH3 is 1. The lowest BCUT2D eigenvalue weighted by atomic mass is 10.1. The molecule has 0 fully saturated rings. The Morgan fingerprint density at radius 1 is 1.48 bits per heavy atom. The number of hydrogen-bond donors (Lipinski definition) is 1. The zero-order valence-electron chi connectivity index (χ0n) is 12.8. The van der Waals surface area contributed by atoms with Gasteiger partial charge < -0.3 is 19.4 Å². The number of ether oxygens (including phenoxy) is 2. The number of halogens is 2. The first-order valence-corrected chi connectivity index (χ1v) is 7.73. The maximum Gasteiger partial charge on any atom is 0.159 e. The highest BCUT2D eigenvalue weighted by atomic mass is 35.5. The van der Waals surface area contributed by atoms with Gasteiger partial charge in [-0.05, 0) is 6.07 Å². The Labute approximate surface area is 138 Å². The Kier molecular flexibility index (Phi) is 5.22. The predicted octanol–water partition coefficient (Wildman–Crippen LogP) is 2.08. The third-order valence-corrected chi connectivity index (χ3v) is 4.08. The molecule has 0 saturated heterocycles. The molecule has 0 spiro atoms. The molecule has 1 aliphatic heterocycles. The zero-order chi connectivity index (χ0) is 16.2. The molecule has 0 saturated carbocycles. The third kappa shape index (κ3) is 3.53. The summed E-state index contributed by atoms with van der Waals surface area (Å²) in [7, 11) is 1.58. The van der Waals surface area contributed by atoms with E-state index in [0.29, 0.717) is 31.9 Å². The van der Waals surface area contributed by atoms with Gasteiger partial charge in [0.1, 0.15) is 18.2 Å². The molecule has 1 N–H and O–H groups in total. The molecule has 1 atom stereocenters. The minimum Gasteiger partial charge on any atom is -0.383 e. The fourth-order valence-electron chi connectivity index (χ4n) is 2.62. The number of fused-ring (bicyclic) bond motifs is 1. The van der Waals surface area contributed by atoms with Crippen LogP contribution in [0.3, 0.4) is 0 Å². The third-order valence-electron chi connectivity index (χ3n) is 3.79. The van der Waals surface area contributed by atoms with Crippen LogP contribution in [-0.2, 0) is 29.2 Å². The lowest BCUT2D eigenvalue weighted by Gasteiger charge is -2.20. The number of nitrogens with zero attached hydrogens (tertiary/aromatic N) is 3. The molecular formula is C15H18ClFN4O2. The first kappa shape index (κ1) is 16.3. The van der Waals surface area contributed by atoms with Crippen molar-refractivity contribution in [3.8, 4) is 0 Å². The topological polar surface area (TPSA) is 61.2 Å². The summed E-state index contributed by atoms with van der Waals surface area (Å²) < 4.78 is 26.8. The molecule has 2 heterocycles. The van der Waals surface area contributed by atoms with Gasteiger partial charge in [0.2, 0.25) is 0 Å². The van der Waals surface area contributed by atoms with Gasteiger partial charge in [0.25, 0.3) is 0 Å². The van der Waals surface area contributed by atoms with Gasteiger partial charge in [-0.25, -0.2) is 4.39 Å². The Bertz CT molecular complexity index is 679. The number of rotatable bonds is 6. The van der Waals surface area contributed by atoms with Gasteiger partial charge in [-0.15, -0.1) is 10.2 Å². The van der Waals surface area contributed by atoms with Crippen molar-refractivity contribution < 1.29 is 13.9 Å². The highest BCUT2D eigenvalue weighted by Crippen LogP contribution is 2.24. The quantitative estimate of drug-likeness (QED) is 0.872. The molecule has 0 aliphatic carbocycles. The van der Waals surface area contributed by atoms with Crippen LogP contribution in [0.1, 0.15) is 23.3 Å². The van der Waals surface area contributed by atoms with E-state index < -0.39 is 5.82 Å². The number of aromatic nitrogens is 3. The summed E-state index contributed by atoms with van der Waals surface area (Å²) in [5, 5.41) is 11.6. The largest absolute Gasteiger partial charge is 0.383 e. The lowest BCUT2D eigenvalue weighted by molar-refractivity contribution is 0.0803. The second-order valence-electron chi connectivity index (χ2n) is 5.27. The van der Waals surface area contributed by atoms with Gasteiger partial charge in [-0.1, -0.05) is 23.7 Å². The Morgan fingerprint density at radius 3 is 3.17 bits per heavy atom. The molecule has 8 heteroatoms. The molecule has 23 heavy (non-hydrogen) atoms. The van der Waals surface area contributed by atoms with Crippen molar-refractivity contribution in [2.45, 2.75) is 25.7 Å². The number of benzene rings is 1. The zero-order valence-corrected chi connectivity index (χ0v) is 13.5. The molecule has 1 aromatic carbocycles. The first-order valence-electron chi connectivity index (χ1n) is 7.35. The van der Waals surface area contributed by atoms with E-state index in [1.165, 1.54) is 6.07 Å². The molecule has 0 radical (unpaired) electrons. The van der Waals surface area contributed by atoms with Crippen LogP contribution < -0.4 is 5.32 Å². The van der Waals surface area contributed by atoms with Crippen molar-refractivity contribution in [1.82, 2.24) is 20.1 Å². The summed E-state index contributed by atoms with van der Waals surface area (Å²) in [5.41, 5.74) is 0.473. The summed E-state index contributed by atoms with van der Waals surface area (Å²) in [5.74, 6) is 1.18. The minimum absolute atomic E-state index is 0.0995. The van der Waals surface area contributed by atoms with Crippen molar-refractivity contribution in [2.75, 3.05) is 20.3 Å². The van der Waals surface area contributed by atoms with Crippen molar-refractivity contribution in [3.05, 3.63) is 46.3 Å². The summed E-state index contributed by atoms with van der Waals surface area (Å²) >= 11 is 5.87. The lowest BCUT2D eigenvalue weighted by Crippen LogP contribution is -2.28. The molecule has 0 bridgehead atoms. The van der Waals surface area contributed by atoms with Crippen LogP contribution in [-0.4, -0.2) is 35.1 Å². The maximum atomic E-state index is 14.2. The van der Waals surface area contributed by atoms with E-state index in [4.69, 9.17) is 21.1 Å². The molecule has 1 aromatic heterocycles. The molecular weight excluding hydrogens is 323 g/mol. The smallest absolute Gasteiger partial charge is 0.159 e. The van der Waals surface area contributed by atoms with E-state index in [1.807, 2.05) is 4.57 Å². The number of nitrogens with one attached hydrogen (secondary N) is 1. The summed E-state index contributed by atoms with van der Waals surface area (Å²) in [6.45, 7) is 2.61. The van der Waals surface area contributed by atoms with Gasteiger partial charge in [0, 0.05) is 19.2 Å². The molecule has 3 rings (SSSR count). The van der Waals surface area contributed by atoms with E-state index in [0.717, 1.165) is 18.2 Å². The van der Waals surface area contributed by atoms with Crippen LogP contribution in [0.25, 0.3) is 0 Å². The fourth-order valence-corrected chi connectivity index (χ4v) is 2.80. The van der Waals surface area contributed by atoms with E-state index >= 15 is 0 Å². The molecule has 2 aromatic rings. The van der Waals surface area contributed by atoms with Crippen LogP contribution in [0.4, 0.5) is 4.39 Å². The Morgan fingerprint density at radius 2 is 2.35 bits per heavy atom. The molecule has 1 aliphatic rings. The summed E-state index contributed by atoms with van der Waals surface area (Å²) in [6.07, 6.45) is 0. The second-order valence-corrected chi connectivity index (χ2v) is 5.68. The SMILES string of the molecule is COCC(NCc1nnc2n1CCOC2)c1cccc(Cl)c1F. The first-order chi connectivity index (χ1) is 11.2. The van der Waals surface area contributed by atoms with E-state index in [2.05, 4.69) is 15.5 Å². The number of hydrogen-bond acceptors (Lipinski definition) is 5. The average Bonchev–Trinajstić information content (AvgIpc) is 2.98. The van der Waals surface area contributed by atoms with Crippen molar-refractivity contribution in [3.63, 3.8) is 0 Å². The average molecular weight is 341 g/mol. The summed E-state index contributed by atoms with van der Waals surface area (Å²) in [4.78, 5) is 0. The van der Waals surface area contributed by atoms with Crippen molar-refractivity contribution >= 4 is 11.6 Å². The highest BCUT2D eigenvalue weighted by Gasteiger charge is 2.20. The van der Waals surface area contributed by atoms with Crippen LogP contribution in [0.5, 0.6) is 0 Å². The highest BCUT2D eigenvalue weighted by molar-refractivity contribution is 6.30. The standard InChI is InChI=1S/C15H18ClFN4O2/c1-22-8-12(10-3-2-4-11(16)15(10)17)18-7-13-19-20-14-9-23-6-5-21(13)14/h2-4,12,18H,5-9H2,1H3. The second kappa shape index (κ2) is 7.35. The van der Waals surface area contributed by atoms with Crippen LogP contribution >= 0.6 is 11.6 Å². The molecule has 1 unspecified atom stereocenters. The monoisotopic (exact) mass is 340 g/mol. The van der Waals surface area contributed by atoms with Crippen molar-refractivity contribution in [2.24, 2.45) is 0 Å².